The Kier molecular flexibility index (Phi) is 4.29. The molecule has 0 aliphatic carbocycles. The van der Waals surface area contributed by atoms with Gasteiger partial charge in [-0.3, -0.25) is 4.57 Å². The number of nitrogens with zero attached hydrogens (tertiary/aromatic N) is 4. The standard InChI is InChI=1S/C11H14N4O2/c1-4-17-11(16)10(7-14(2)3)15-6-9(5-12)13-8-15/h6-8H,4H2,1-3H3/b10-7+. The van der Waals surface area contributed by atoms with E-state index in [-0.39, 0.29) is 5.69 Å². The van der Waals surface area contributed by atoms with Crippen LogP contribution in [0.2, 0.25) is 0 Å². The summed E-state index contributed by atoms with van der Waals surface area (Å²) in [5, 5.41) is 8.68. The van der Waals surface area contributed by atoms with Gasteiger partial charge < -0.3 is 9.64 Å². The minimum absolute atomic E-state index is 0.249. The van der Waals surface area contributed by atoms with Crippen molar-refractivity contribution < 1.29 is 9.53 Å². The van der Waals surface area contributed by atoms with E-state index >= 15 is 0 Å². The molecule has 1 rings (SSSR count). The van der Waals surface area contributed by atoms with Crippen LogP contribution < -0.4 is 0 Å². The summed E-state index contributed by atoms with van der Waals surface area (Å²) < 4.78 is 6.41. The lowest BCUT2D eigenvalue weighted by Gasteiger charge is -2.11. The van der Waals surface area contributed by atoms with Gasteiger partial charge in [0, 0.05) is 26.5 Å². The fourth-order valence-corrected chi connectivity index (χ4v) is 1.19. The van der Waals surface area contributed by atoms with Crippen LogP contribution in [0.5, 0.6) is 0 Å². The van der Waals surface area contributed by atoms with E-state index < -0.39 is 5.97 Å². The van der Waals surface area contributed by atoms with Crippen LogP contribution in [-0.4, -0.2) is 41.1 Å². The van der Waals surface area contributed by atoms with Gasteiger partial charge in [-0.15, -0.1) is 0 Å². The van der Waals surface area contributed by atoms with Gasteiger partial charge in [0.2, 0.25) is 0 Å². The van der Waals surface area contributed by atoms with E-state index in [0.717, 1.165) is 0 Å². The van der Waals surface area contributed by atoms with E-state index in [4.69, 9.17) is 10.00 Å². The molecule has 1 heterocycles. The number of carbonyl (C=O) groups is 1. The fourth-order valence-electron chi connectivity index (χ4n) is 1.19. The smallest absolute Gasteiger partial charge is 0.356 e. The number of ether oxygens (including phenoxy) is 1. The summed E-state index contributed by atoms with van der Waals surface area (Å²) in [6.45, 7) is 2.03. The van der Waals surface area contributed by atoms with Crippen LogP contribution in [0.3, 0.4) is 0 Å². The maximum Gasteiger partial charge on any atom is 0.356 e. The highest BCUT2D eigenvalue weighted by Gasteiger charge is 2.14. The van der Waals surface area contributed by atoms with Gasteiger partial charge in [-0.25, -0.2) is 9.78 Å². The Hall–Kier alpha value is -2.29. The number of nitriles is 1. The summed E-state index contributed by atoms with van der Waals surface area (Å²) in [5.41, 5.74) is 0.560. The molecule has 0 saturated heterocycles. The monoisotopic (exact) mass is 234 g/mol. The Morgan fingerprint density at radius 3 is 2.88 bits per heavy atom. The molecule has 0 bridgehead atoms. The predicted molar refractivity (Wildman–Crippen MR) is 61.5 cm³/mol. The first-order chi connectivity index (χ1) is 8.08. The summed E-state index contributed by atoms with van der Waals surface area (Å²) in [5.74, 6) is -0.455. The van der Waals surface area contributed by atoms with E-state index in [1.165, 1.54) is 17.1 Å². The van der Waals surface area contributed by atoms with Gasteiger partial charge in [0.15, 0.2) is 5.69 Å². The molecular weight excluding hydrogens is 220 g/mol. The highest BCUT2D eigenvalue weighted by Crippen LogP contribution is 2.09. The molecule has 0 N–H and O–H groups in total. The number of imidazole rings is 1. The molecule has 0 radical (unpaired) electrons. The molecular formula is C11H14N4O2. The molecule has 1 aromatic rings. The van der Waals surface area contributed by atoms with Crippen LogP contribution >= 0.6 is 0 Å². The summed E-state index contributed by atoms with van der Waals surface area (Å²) in [7, 11) is 3.59. The molecule has 0 aliphatic rings. The van der Waals surface area contributed by atoms with Crippen molar-refractivity contribution in [2.24, 2.45) is 0 Å². The molecule has 0 aliphatic heterocycles. The zero-order valence-corrected chi connectivity index (χ0v) is 10.0. The van der Waals surface area contributed by atoms with Crippen molar-refractivity contribution in [2.45, 2.75) is 6.92 Å². The second-order valence-electron chi connectivity index (χ2n) is 3.48. The molecule has 0 saturated carbocycles. The number of carbonyl (C=O) groups excluding carboxylic acids is 1. The average Bonchev–Trinajstić information content (AvgIpc) is 2.74. The Bertz CT molecular complexity index is 468. The number of rotatable bonds is 4. The quantitative estimate of drug-likeness (QED) is 0.566. The van der Waals surface area contributed by atoms with Crippen molar-refractivity contribution in [1.82, 2.24) is 14.5 Å². The summed E-state index contributed by atoms with van der Waals surface area (Å²) in [6.07, 6.45) is 4.50. The van der Waals surface area contributed by atoms with Gasteiger partial charge in [0.25, 0.3) is 0 Å². The van der Waals surface area contributed by atoms with Crippen molar-refractivity contribution in [1.29, 1.82) is 5.26 Å². The Morgan fingerprint density at radius 2 is 2.41 bits per heavy atom. The predicted octanol–water partition coefficient (Wildman–Crippen LogP) is 0.678. The lowest BCUT2D eigenvalue weighted by atomic mass is 10.4. The van der Waals surface area contributed by atoms with Gasteiger partial charge in [-0.05, 0) is 6.92 Å². The Balaban J connectivity index is 3.07. The van der Waals surface area contributed by atoms with Gasteiger partial charge in [0.1, 0.15) is 18.1 Å². The number of hydrogen-bond donors (Lipinski definition) is 0. The van der Waals surface area contributed by atoms with Crippen LogP contribution in [0.25, 0.3) is 5.70 Å². The minimum atomic E-state index is -0.455. The van der Waals surface area contributed by atoms with E-state index in [0.29, 0.717) is 12.3 Å². The van der Waals surface area contributed by atoms with Crippen molar-refractivity contribution in [3.8, 4) is 6.07 Å². The van der Waals surface area contributed by atoms with Crippen molar-refractivity contribution in [2.75, 3.05) is 20.7 Å². The number of hydrogen-bond acceptors (Lipinski definition) is 5. The first-order valence-electron chi connectivity index (χ1n) is 5.08. The fraction of sp³-hybridized carbons (Fsp3) is 0.364. The number of aromatic nitrogens is 2. The summed E-state index contributed by atoms with van der Waals surface area (Å²) in [4.78, 5) is 17.3. The molecule has 1 aromatic heterocycles. The van der Waals surface area contributed by atoms with Crippen LogP contribution in [0.1, 0.15) is 12.6 Å². The Morgan fingerprint density at radius 1 is 1.71 bits per heavy atom. The molecule has 17 heavy (non-hydrogen) atoms. The van der Waals surface area contributed by atoms with Crippen LogP contribution in [0.15, 0.2) is 18.7 Å². The van der Waals surface area contributed by atoms with E-state index in [1.807, 2.05) is 6.07 Å². The lowest BCUT2D eigenvalue weighted by molar-refractivity contribution is -0.136. The highest BCUT2D eigenvalue weighted by atomic mass is 16.5. The van der Waals surface area contributed by atoms with Gasteiger partial charge in [0.05, 0.1) is 6.61 Å². The van der Waals surface area contributed by atoms with E-state index in [1.54, 1.807) is 32.1 Å². The molecule has 0 unspecified atom stereocenters. The first kappa shape index (κ1) is 12.8. The minimum Gasteiger partial charge on any atom is -0.461 e. The molecule has 0 atom stereocenters. The van der Waals surface area contributed by atoms with E-state index in [2.05, 4.69) is 4.98 Å². The molecule has 6 nitrogen and oxygen atoms in total. The topological polar surface area (TPSA) is 71.2 Å². The van der Waals surface area contributed by atoms with Crippen molar-refractivity contribution in [3.63, 3.8) is 0 Å². The third-order valence-corrected chi connectivity index (χ3v) is 1.84. The molecule has 90 valence electrons. The van der Waals surface area contributed by atoms with E-state index in [9.17, 15) is 4.79 Å². The molecule has 0 spiro atoms. The van der Waals surface area contributed by atoms with Crippen molar-refractivity contribution >= 4 is 11.7 Å². The maximum atomic E-state index is 11.7. The average molecular weight is 234 g/mol. The lowest BCUT2D eigenvalue weighted by Crippen LogP contribution is -2.15. The third-order valence-electron chi connectivity index (χ3n) is 1.84. The first-order valence-corrected chi connectivity index (χ1v) is 5.08. The third kappa shape index (κ3) is 3.34. The van der Waals surface area contributed by atoms with Gasteiger partial charge in [-0.1, -0.05) is 0 Å². The molecule has 0 fully saturated rings. The normalized spacial score (nSPS) is 10.8. The van der Waals surface area contributed by atoms with Crippen LogP contribution in [0.4, 0.5) is 0 Å². The summed E-state index contributed by atoms with van der Waals surface area (Å²) >= 11 is 0. The van der Waals surface area contributed by atoms with Crippen LogP contribution in [-0.2, 0) is 9.53 Å². The second kappa shape index (κ2) is 5.70. The van der Waals surface area contributed by atoms with Gasteiger partial charge >= 0.3 is 5.97 Å². The largest absolute Gasteiger partial charge is 0.461 e. The van der Waals surface area contributed by atoms with Gasteiger partial charge in [-0.2, -0.15) is 5.26 Å². The highest BCUT2D eigenvalue weighted by molar-refractivity contribution is 6.09. The van der Waals surface area contributed by atoms with Crippen molar-refractivity contribution in [3.05, 3.63) is 24.4 Å². The maximum absolute atomic E-state index is 11.7. The number of esters is 1. The van der Waals surface area contributed by atoms with Crippen LogP contribution in [0, 0.1) is 11.3 Å². The Labute approximate surface area is 99.7 Å². The molecule has 0 aromatic carbocycles. The molecule has 0 amide bonds. The zero-order valence-electron chi connectivity index (χ0n) is 10.0. The zero-order chi connectivity index (χ0) is 12.8. The molecule has 6 heteroatoms. The summed E-state index contributed by atoms with van der Waals surface area (Å²) in [6, 6.07) is 1.90. The SMILES string of the molecule is CCOC(=O)/C(=C\N(C)C)n1cnc(C#N)c1. The second-order valence-corrected chi connectivity index (χ2v) is 3.48.